The average Bonchev–Trinajstić information content (AvgIpc) is 2.39. The van der Waals surface area contributed by atoms with Gasteiger partial charge in [-0.05, 0) is 31.4 Å². The SMILES string of the molecule is CCCOCCN(CC)c1ccccc1CC. The maximum atomic E-state index is 5.57. The number of anilines is 1. The Morgan fingerprint density at radius 1 is 1.06 bits per heavy atom. The molecule has 0 N–H and O–H groups in total. The van der Waals surface area contributed by atoms with E-state index in [9.17, 15) is 0 Å². The Kier molecular flexibility index (Phi) is 6.71. The number of likely N-dealkylation sites (N-methyl/N-ethyl adjacent to an activating group) is 1. The third kappa shape index (κ3) is 4.39. The van der Waals surface area contributed by atoms with Crippen molar-refractivity contribution in [2.45, 2.75) is 33.6 Å². The van der Waals surface area contributed by atoms with Crippen LogP contribution in [0.3, 0.4) is 0 Å². The molecule has 2 nitrogen and oxygen atoms in total. The number of hydrogen-bond acceptors (Lipinski definition) is 2. The smallest absolute Gasteiger partial charge is 0.0641 e. The van der Waals surface area contributed by atoms with Crippen LogP contribution in [0.2, 0.25) is 0 Å². The summed E-state index contributed by atoms with van der Waals surface area (Å²) < 4.78 is 5.57. The predicted molar refractivity (Wildman–Crippen MR) is 74.8 cm³/mol. The van der Waals surface area contributed by atoms with Crippen LogP contribution in [-0.2, 0) is 11.2 Å². The molecule has 0 aliphatic heterocycles. The fourth-order valence-corrected chi connectivity index (χ4v) is 1.99. The minimum Gasteiger partial charge on any atom is -0.380 e. The fraction of sp³-hybridized carbons (Fsp3) is 0.600. The molecule has 0 saturated heterocycles. The van der Waals surface area contributed by atoms with Crippen LogP contribution in [0, 0.1) is 0 Å². The fourth-order valence-electron chi connectivity index (χ4n) is 1.99. The van der Waals surface area contributed by atoms with Gasteiger partial charge in [0.25, 0.3) is 0 Å². The van der Waals surface area contributed by atoms with E-state index in [-0.39, 0.29) is 0 Å². The van der Waals surface area contributed by atoms with Crippen molar-refractivity contribution in [2.75, 3.05) is 31.2 Å². The zero-order valence-electron chi connectivity index (χ0n) is 11.4. The van der Waals surface area contributed by atoms with Crippen molar-refractivity contribution in [3.63, 3.8) is 0 Å². The maximum absolute atomic E-state index is 5.57. The van der Waals surface area contributed by atoms with E-state index in [0.29, 0.717) is 0 Å². The molecule has 0 bridgehead atoms. The quantitative estimate of drug-likeness (QED) is 0.639. The Balaban J connectivity index is 2.59. The van der Waals surface area contributed by atoms with Gasteiger partial charge in [0.15, 0.2) is 0 Å². The Morgan fingerprint density at radius 2 is 1.82 bits per heavy atom. The molecular formula is C15H25NO. The lowest BCUT2D eigenvalue weighted by atomic mass is 10.1. The van der Waals surface area contributed by atoms with Crippen molar-refractivity contribution in [2.24, 2.45) is 0 Å². The van der Waals surface area contributed by atoms with Crippen molar-refractivity contribution in [1.29, 1.82) is 0 Å². The number of rotatable bonds is 8. The summed E-state index contributed by atoms with van der Waals surface area (Å²) in [5.41, 5.74) is 2.78. The van der Waals surface area contributed by atoms with Crippen molar-refractivity contribution < 1.29 is 4.74 Å². The van der Waals surface area contributed by atoms with Crippen molar-refractivity contribution in [3.05, 3.63) is 29.8 Å². The molecule has 0 saturated carbocycles. The van der Waals surface area contributed by atoms with E-state index < -0.39 is 0 Å². The molecular weight excluding hydrogens is 210 g/mol. The first-order valence-electron chi connectivity index (χ1n) is 6.74. The van der Waals surface area contributed by atoms with Crippen LogP contribution in [0.1, 0.15) is 32.8 Å². The first-order chi connectivity index (χ1) is 8.33. The summed E-state index contributed by atoms with van der Waals surface area (Å²) in [7, 11) is 0. The molecule has 17 heavy (non-hydrogen) atoms. The Hall–Kier alpha value is -1.02. The third-order valence-electron chi connectivity index (χ3n) is 2.95. The zero-order valence-corrected chi connectivity index (χ0v) is 11.4. The van der Waals surface area contributed by atoms with Gasteiger partial charge in [-0.1, -0.05) is 32.0 Å². The first-order valence-corrected chi connectivity index (χ1v) is 6.74. The maximum Gasteiger partial charge on any atom is 0.0641 e. The summed E-state index contributed by atoms with van der Waals surface area (Å²) in [6.45, 7) is 10.3. The van der Waals surface area contributed by atoms with E-state index in [0.717, 1.165) is 39.1 Å². The van der Waals surface area contributed by atoms with Gasteiger partial charge in [-0.3, -0.25) is 0 Å². The van der Waals surface area contributed by atoms with Crippen molar-refractivity contribution in [1.82, 2.24) is 0 Å². The number of nitrogens with zero attached hydrogens (tertiary/aromatic N) is 1. The van der Waals surface area contributed by atoms with E-state index in [4.69, 9.17) is 4.74 Å². The molecule has 1 aromatic carbocycles. The second-order valence-electron chi connectivity index (χ2n) is 4.17. The molecule has 0 amide bonds. The molecule has 0 fully saturated rings. The van der Waals surface area contributed by atoms with Gasteiger partial charge in [0.05, 0.1) is 6.61 Å². The van der Waals surface area contributed by atoms with Gasteiger partial charge < -0.3 is 9.64 Å². The van der Waals surface area contributed by atoms with Crippen molar-refractivity contribution in [3.8, 4) is 0 Å². The van der Waals surface area contributed by atoms with E-state index >= 15 is 0 Å². The van der Waals surface area contributed by atoms with Gasteiger partial charge >= 0.3 is 0 Å². The molecule has 0 heterocycles. The van der Waals surface area contributed by atoms with Gasteiger partial charge in [-0.2, -0.15) is 0 Å². The Morgan fingerprint density at radius 3 is 2.47 bits per heavy atom. The summed E-state index contributed by atoms with van der Waals surface area (Å²) in [6.07, 6.45) is 2.18. The monoisotopic (exact) mass is 235 g/mol. The van der Waals surface area contributed by atoms with E-state index in [1.807, 2.05) is 0 Å². The lowest BCUT2D eigenvalue weighted by molar-refractivity contribution is 0.141. The van der Waals surface area contributed by atoms with E-state index in [1.54, 1.807) is 0 Å². The molecule has 2 heteroatoms. The number of ether oxygens (including phenoxy) is 1. The average molecular weight is 235 g/mol. The van der Waals surface area contributed by atoms with Gasteiger partial charge in [-0.25, -0.2) is 0 Å². The summed E-state index contributed by atoms with van der Waals surface area (Å²) in [6, 6.07) is 8.65. The minimum atomic E-state index is 0.819. The van der Waals surface area contributed by atoms with Crippen LogP contribution in [0.5, 0.6) is 0 Å². The summed E-state index contributed by atoms with van der Waals surface area (Å²) in [4.78, 5) is 2.40. The topological polar surface area (TPSA) is 12.5 Å². The van der Waals surface area contributed by atoms with Crippen LogP contribution in [0.25, 0.3) is 0 Å². The van der Waals surface area contributed by atoms with Gasteiger partial charge in [-0.15, -0.1) is 0 Å². The zero-order chi connectivity index (χ0) is 12.5. The summed E-state index contributed by atoms with van der Waals surface area (Å²) in [5, 5.41) is 0. The molecule has 0 aliphatic carbocycles. The summed E-state index contributed by atoms with van der Waals surface area (Å²) in [5.74, 6) is 0. The highest BCUT2D eigenvalue weighted by Crippen LogP contribution is 2.20. The normalized spacial score (nSPS) is 10.5. The number of aryl methyl sites for hydroxylation is 1. The first kappa shape index (κ1) is 14.0. The minimum absolute atomic E-state index is 0.819. The molecule has 0 atom stereocenters. The van der Waals surface area contributed by atoms with E-state index in [2.05, 4.69) is 49.9 Å². The highest BCUT2D eigenvalue weighted by Gasteiger charge is 2.07. The highest BCUT2D eigenvalue weighted by atomic mass is 16.5. The van der Waals surface area contributed by atoms with Crippen LogP contribution in [0.15, 0.2) is 24.3 Å². The molecule has 0 aliphatic rings. The number of benzene rings is 1. The van der Waals surface area contributed by atoms with Crippen LogP contribution >= 0.6 is 0 Å². The van der Waals surface area contributed by atoms with Gasteiger partial charge in [0, 0.05) is 25.4 Å². The van der Waals surface area contributed by atoms with Crippen LogP contribution in [0.4, 0.5) is 5.69 Å². The largest absolute Gasteiger partial charge is 0.380 e. The van der Waals surface area contributed by atoms with Crippen LogP contribution < -0.4 is 4.90 Å². The Bertz CT molecular complexity index is 312. The van der Waals surface area contributed by atoms with Gasteiger partial charge in [0.2, 0.25) is 0 Å². The lowest BCUT2D eigenvalue weighted by Crippen LogP contribution is -2.28. The van der Waals surface area contributed by atoms with E-state index in [1.165, 1.54) is 11.3 Å². The molecule has 0 unspecified atom stereocenters. The van der Waals surface area contributed by atoms with Crippen LogP contribution in [-0.4, -0.2) is 26.3 Å². The molecule has 96 valence electrons. The predicted octanol–water partition coefficient (Wildman–Crippen LogP) is 3.50. The number of para-hydroxylation sites is 1. The summed E-state index contributed by atoms with van der Waals surface area (Å²) >= 11 is 0. The molecule has 0 spiro atoms. The Labute approximate surface area is 106 Å². The molecule has 0 aromatic heterocycles. The lowest BCUT2D eigenvalue weighted by Gasteiger charge is -2.25. The standard InChI is InChI=1S/C15H25NO/c1-4-12-17-13-11-16(6-3)15-10-8-7-9-14(15)5-2/h7-10H,4-6,11-13H2,1-3H3. The van der Waals surface area contributed by atoms with Crippen molar-refractivity contribution >= 4 is 5.69 Å². The third-order valence-corrected chi connectivity index (χ3v) is 2.95. The molecule has 0 radical (unpaired) electrons. The van der Waals surface area contributed by atoms with Gasteiger partial charge in [0.1, 0.15) is 0 Å². The second kappa shape index (κ2) is 8.13. The molecule has 1 aromatic rings. The molecule has 1 rings (SSSR count). The number of hydrogen-bond donors (Lipinski definition) is 0. The second-order valence-corrected chi connectivity index (χ2v) is 4.17. The highest BCUT2D eigenvalue weighted by molar-refractivity contribution is 5.53.